The van der Waals surface area contributed by atoms with Gasteiger partial charge in [0, 0.05) is 44.1 Å². The molecular formula is C21H31N3OS. The van der Waals surface area contributed by atoms with Crippen LogP contribution in [-0.4, -0.2) is 72.2 Å². The number of aliphatic hydroxyl groups is 1. The van der Waals surface area contributed by atoms with Gasteiger partial charge in [0.15, 0.2) is 0 Å². The highest BCUT2D eigenvalue weighted by Crippen LogP contribution is 2.14. The molecule has 3 rings (SSSR count). The van der Waals surface area contributed by atoms with Gasteiger partial charge in [0.25, 0.3) is 0 Å². The van der Waals surface area contributed by atoms with Gasteiger partial charge in [0.05, 0.1) is 6.10 Å². The maximum Gasteiger partial charge on any atom is 0.0793 e. The van der Waals surface area contributed by atoms with E-state index in [1.54, 1.807) is 0 Å². The summed E-state index contributed by atoms with van der Waals surface area (Å²) in [7, 11) is 2.08. The van der Waals surface area contributed by atoms with Crippen molar-refractivity contribution in [2.24, 2.45) is 0 Å². The molecule has 1 aromatic carbocycles. The monoisotopic (exact) mass is 373 g/mol. The summed E-state index contributed by atoms with van der Waals surface area (Å²) in [5.74, 6) is 0. The Morgan fingerprint density at radius 2 is 1.81 bits per heavy atom. The SMILES string of the molecule is CN(Cc1ccccc1)C[C@H](O)CN1CCCN(Cc2cccs2)CC1. The minimum absolute atomic E-state index is 0.299. The summed E-state index contributed by atoms with van der Waals surface area (Å²) in [6, 6.07) is 14.8. The van der Waals surface area contributed by atoms with Crippen LogP contribution in [-0.2, 0) is 13.1 Å². The number of hydrogen-bond donors (Lipinski definition) is 1. The first-order valence-electron chi connectivity index (χ1n) is 9.56. The smallest absolute Gasteiger partial charge is 0.0793 e. The molecule has 26 heavy (non-hydrogen) atoms. The van der Waals surface area contributed by atoms with Crippen molar-refractivity contribution in [3.63, 3.8) is 0 Å². The second-order valence-corrected chi connectivity index (χ2v) is 8.38. The van der Waals surface area contributed by atoms with Crippen LogP contribution in [0.2, 0.25) is 0 Å². The predicted octanol–water partition coefficient (Wildman–Crippen LogP) is 2.75. The lowest BCUT2D eigenvalue weighted by Crippen LogP contribution is -2.40. The molecule has 1 fully saturated rings. The number of thiophene rings is 1. The highest BCUT2D eigenvalue weighted by atomic mass is 32.1. The van der Waals surface area contributed by atoms with E-state index >= 15 is 0 Å². The minimum atomic E-state index is -0.299. The fourth-order valence-corrected chi connectivity index (χ4v) is 4.41. The van der Waals surface area contributed by atoms with E-state index in [1.165, 1.54) is 16.9 Å². The van der Waals surface area contributed by atoms with Crippen molar-refractivity contribution < 1.29 is 5.11 Å². The minimum Gasteiger partial charge on any atom is -0.390 e. The molecule has 0 saturated carbocycles. The molecule has 1 saturated heterocycles. The van der Waals surface area contributed by atoms with Crippen LogP contribution in [0.3, 0.4) is 0 Å². The zero-order valence-corrected chi connectivity index (χ0v) is 16.6. The Labute approximate surface area is 161 Å². The van der Waals surface area contributed by atoms with E-state index < -0.39 is 0 Å². The molecule has 1 atom stereocenters. The van der Waals surface area contributed by atoms with Crippen molar-refractivity contribution in [1.29, 1.82) is 0 Å². The van der Waals surface area contributed by atoms with Gasteiger partial charge in [-0.3, -0.25) is 14.7 Å². The number of nitrogens with zero attached hydrogens (tertiary/aromatic N) is 3. The van der Waals surface area contributed by atoms with Gasteiger partial charge in [-0.25, -0.2) is 0 Å². The highest BCUT2D eigenvalue weighted by molar-refractivity contribution is 7.09. The maximum atomic E-state index is 10.5. The van der Waals surface area contributed by atoms with Crippen LogP contribution in [0.15, 0.2) is 47.8 Å². The Kier molecular flexibility index (Phi) is 7.65. The van der Waals surface area contributed by atoms with Crippen LogP contribution in [0.5, 0.6) is 0 Å². The van der Waals surface area contributed by atoms with Gasteiger partial charge < -0.3 is 5.11 Å². The van der Waals surface area contributed by atoms with Crippen LogP contribution >= 0.6 is 11.3 Å². The van der Waals surface area contributed by atoms with Gasteiger partial charge in [0.1, 0.15) is 0 Å². The summed E-state index contributed by atoms with van der Waals surface area (Å²) in [4.78, 5) is 8.62. The van der Waals surface area contributed by atoms with Crippen LogP contribution in [0, 0.1) is 0 Å². The molecule has 142 valence electrons. The van der Waals surface area contributed by atoms with Crippen LogP contribution in [0.25, 0.3) is 0 Å². The molecule has 1 aromatic heterocycles. The average Bonchev–Trinajstić information content (AvgIpc) is 3.03. The van der Waals surface area contributed by atoms with Gasteiger partial charge in [-0.15, -0.1) is 11.3 Å². The summed E-state index contributed by atoms with van der Waals surface area (Å²) >= 11 is 1.84. The van der Waals surface area contributed by atoms with E-state index in [4.69, 9.17) is 0 Å². The number of benzene rings is 1. The zero-order chi connectivity index (χ0) is 18.2. The Morgan fingerprint density at radius 3 is 2.58 bits per heavy atom. The van der Waals surface area contributed by atoms with Gasteiger partial charge in [0.2, 0.25) is 0 Å². The molecule has 0 bridgehead atoms. The largest absolute Gasteiger partial charge is 0.390 e. The number of aliphatic hydroxyl groups excluding tert-OH is 1. The van der Waals surface area contributed by atoms with Crippen molar-refractivity contribution >= 4 is 11.3 Å². The molecule has 0 amide bonds. The Bertz CT molecular complexity index is 619. The Balaban J connectivity index is 1.39. The molecule has 2 heterocycles. The number of hydrogen-bond acceptors (Lipinski definition) is 5. The Morgan fingerprint density at radius 1 is 1.04 bits per heavy atom. The average molecular weight is 374 g/mol. The van der Waals surface area contributed by atoms with Gasteiger partial charge in [-0.05, 0) is 43.6 Å². The standard InChI is InChI=1S/C21H31N3OS/c1-22(15-19-7-3-2-4-8-19)16-20(25)17-23-10-6-11-24(13-12-23)18-21-9-5-14-26-21/h2-5,7-9,14,20,25H,6,10-13,15-18H2,1H3/t20-/m0/s1. The summed E-state index contributed by atoms with van der Waals surface area (Å²) in [6.07, 6.45) is 0.880. The summed E-state index contributed by atoms with van der Waals surface area (Å²) < 4.78 is 0. The molecule has 2 aromatic rings. The lowest BCUT2D eigenvalue weighted by Gasteiger charge is -2.26. The van der Waals surface area contributed by atoms with E-state index in [0.29, 0.717) is 6.54 Å². The van der Waals surface area contributed by atoms with E-state index in [1.807, 2.05) is 17.4 Å². The quantitative estimate of drug-likeness (QED) is 0.771. The van der Waals surface area contributed by atoms with Crippen molar-refractivity contribution in [2.45, 2.75) is 25.6 Å². The van der Waals surface area contributed by atoms with E-state index in [0.717, 1.165) is 45.8 Å². The number of rotatable bonds is 8. The fourth-order valence-electron chi connectivity index (χ4n) is 3.66. The van der Waals surface area contributed by atoms with Crippen molar-refractivity contribution in [1.82, 2.24) is 14.7 Å². The summed E-state index contributed by atoms with van der Waals surface area (Å²) in [6.45, 7) is 7.80. The van der Waals surface area contributed by atoms with Gasteiger partial charge in [-0.1, -0.05) is 36.4 Å². The summed E-state index contributed by atoms with van der Waals surface area (Å²) in [5.41, 5.74) is 1.29. The van der Waals surface area contributed by atoms with Crippen LogP contribution < -0.4 is 0 Å². The Hall–Kier alpha value is -1.24. The molecule has 1 N–H and O–H groups in total. The van der Waals surface area contributed by atoms with Crippen molar-refractivity contribution in [2.75, 3.05) is 46.3 Å². The van der Waals surface area contributed by atoms with Gasteiger partial charge in [-0.2, -0.15) is 0 Å². The molecule has 1 aliphatic heterocycles. The van der Waals surface area contributed by atoms with E-state index in [2.05, 4.69) is 63.5 Å². The zero-order valence-electron chi connectivity index (χ0n) is 15.8. The number of β-amino-alcohol motifs (C(OH)–C–C–N with tert-alkyl or cyclic N) is 1. The molecule has 4 nitrogen and oxygen atoms in total. The third-order valence-corrected chi connectivity index (χ3v) is 5.79. The lowest BCUT2D eigenvalue weighted by atomic mass is 10.2. The van der Waals surface area contributed by atoms with E-state index in [9.17, 15) is 5.11 Å². The summed E-state index contributed by atoms with van der Waals surface area (Å²) in [5, 5.41) is 12.7. The molecule has 0 unspecified atom stereocenters. The van der Waals surface area contributed by atoms with E-state index in [-0.39, 0.29) is 6.10 Å². The first-order chi connectivity index (χ1) is 12.7. The first kappa shape index (κ1) is 19.5. The molecule has 0 spiro atoms. The second kappa shape index (κ2) is 10.2. The predicted molar refractivity (Wildman–Crippen MR) is 109 cm³/mol. The fraction of sp³-hybridized carbons (Fsp3) is 0.524. The molecule has 1 aliphatic rings. The third-order valence-electron chi connectivity index (χ3n) is 4.93. The van der Waals surface area contributed by atoms with Crippen molar-refractivity contribution in [3.05, 3.63) is 58.3 Å². The topological polar surface area (TPSA) is 30.0 Å². The molecule has 5 heteroatoms. The molecule has 0 aliphatic carbocycles. The second-order valence-electron chi connectivity index (χ2n) is 7.35. The van der Waals surface area contributed by atoms with Crippen LogP contribution in [0.4, 0.5) is 0 Å². The third kappa shape index (κ3) is 6.49. The number of likely N-dealkylation sites (N-methyl/N-ethyl adjacent to an activating group) is 1. The molecular weight excluding hydrogens is 342 g/mol. The van der Waals surface area contributed by atoms with Crippen molar-refractivity contribution in [3.8, 4) is 0 Å². The first-order valence-corrected chi connectivity index (χ1v) is 10.4. The molecule has 0 radical (unpaired) electrons. The highest BCUT2D eigenvalue weighted by Gasteiger charge is 2.18. The normalized spacial score (nSPS) is 18.1. The maximum absolute atomic E-state index is 10.5. The van der Waals surface area contributed by atoms with Gasteiger partial charge >= 0.3 is 0 Å². The lowest BCUT2D eigenvalue weighted by molar-refractivity contribution is 0.0810. The van der Waals surface area contributed by atoms with Crippen LogP contribution in [0.1, 0.15) is 16.9 Å².